The topological polar surface area (TPSA) is 79.3 Å². The summed E-state index contributed by atoms with van der Waals surface area (Å²) in [6.07, 6.45) is 8.23. The van der Waals surface area contributed by atoms with Gasteiger partial charge < -0.3 is 19.6 Å². The summed E-state index contributed by atoms with van der Waals surface area (Å²) >= 11 is 0. The van der Waals surface area contributed by atoms with E-state index in [1.165, 1.54) is 0 Å². The predicted molar refractivity (Wildman–Crippen MR) is 118 cm³/mol. The van der Waals surface area contributed by atoms with Crippen LogP contribution in [0.1, 0.15) is 29.7 Å². The number of hydrogen-bond donors (Lipinski definition) is 2. The molecular weight excluding hydrogens is 378 g/mol. The Morgan fingerprint density at radius 1 is 1.13 bits per heavy atom. The molecule has 0 unspecified atom stereocenters. The van der Waals surface area contributed by atoms with E-state index in [4.69, 9.17) is 9.15 Å². The van der Waals surface area contributed by atoms with E-state index in [2.05, 4.69) is 27.7 Å². The molecule has 0 bridgehead atoms. The van der Waals surface area contributed by atoms with Gasteiger partial charge in [0.15, 0.2) is 11.5 Å². The lowest BCUT2D eigenvalue weighted by Gasteiger charge is -2.19. The molecule has 0 saturated carbocycles. The third-order valence-electron chi connectivity index (χ3n) is 5.71. The molecule has 152 valence electrons. The van der Waals surface area contributed by atoms with Gasteiger partial charge in [0.25, 0.3) is 0 Å². The Labute approximate surface area is 174 Å². The van der Waals surface area contributed by atoms with Crippen molar-refractivity contribution < 1.29 is 14.3 Å². The summed E-state index contributed by atoms with van der Waals surface area (Å²) in [7, 11) is 1.64. The van der Waals surface area contributed by atoms with Crippen LogP contribution >= 0.6 is 0 Å². The number of fused-ring (bicyclic) bond motifs is 2. The van der Waals surface area contributed by atoms with Crippen LogP contribution in [0.15, 0.2) is 57.1 Å². The molecule has 5 rings (SSSR count). The highest BCUT2D eigenvalue weighted by Crippen LogP contribution is 2.42. The van der Waals surface area contributed by atoms with E-state index >= 15 is 0 Å². The highest BCUT2D eigenvalue weighted by atomic mass is 16.5. The standard InChI is InChI=1S/C24H23N3O3/c1-29-21-9-8-18-23(28)22(14-20-16-4-2-3-5-19(16)26-27-20)30-24(18)17(21)7-6-15-10-12-25-13-11-15/h2-9,14-15,25,28H,10-13H2,1H3. The van der Waals surface area contributed by atoms with Crippen molar-refractivity contribution in [3.63, 3.8) is 0 Å². The second-order valence-corrected chi connectivity index (χ2v) is 7.57. The van der Waals surface area contributed by atoms with Gasteiger partial charge in [0, 0.05) is 11.6 Å². The molecule has 0 radical (unpaired) electrons. The van der Waals surface area contributed by atoms with Crippen LogP contribution in [0.5, 0.6) is 11.5 Å². The summed E-state index contributed by atoms with van der Waals surface area (Å²) in [5.74, 6) is 1.69. The van der Waals surface area contributed by atoms with Crippen LogP contribution in [-0.4, -0.2) is 25.3 Å². The number of aromatic hydroxyl groups is 1. The molecule has 2 aliphatic rings. The third-order valence-corrected chi connectivity index (χ3v) is 5.71. The maximum atomic E-state index is 10.8. The minimum absolute atomic E-state index is 0.0938. The van der Waals surface area contributed by atoms with E-state index in [0.717, 1.165) is 42.7 Å². The summed E-state index contributed by atoms with van der Waals surface area (Å²) in [6.45, 7) is 2.07. The van der Waals surface area contributed by atoms with Gasteiger partial charge in [-0.15, -0.1) is 10.2 Å². The van der Waals surface area contributed by atoms with Crippen LogP contribution in [0.2, 0.25) is 0 Å². The number of ether oxygens (including phenoxy) is 1. The van der Waals surface area contributed by atoms with Gasteiger partial charge in [-0.3, -0.25) is 0 Å². The van der Waals surface area contributed by atoms with Crippen molar-refractivity contribution >= 4 is 34.5 Å². The van der Waals surface area contributed by atoms with Crippen molar-refractivity contribution in [1.82, 2.24) is 5.32 Å². The number of methoxy groups -OCH3 is 1. The SMILES string of the molecule is COc1ccc2c(O)c(C=C3N=Nc4ccccc43)oc2c1C=CC1CCNCC1. The summed E-state index contributed by atoms with van der Waals surface area (Å²) in [6, 6.07) is 11.4. The Balaban J connectivity index is 1.57. The van der Waals surface area contributed by atoms with E-state index < -0.39 is 0 Å². The van der Waals surface area contributed by atoms with E-state index in [-0.39, 0.29) is 5.75 Å². The zero-order valence-electron chi connectivity index (χ0n) is 16.8. The third kappa shape index (κ3) is 3.29. The molecule has 0 aliphatic carbocycles. The molecule has 2 aromatic carbocycles. The molecule has 0 atom stereocenters. The molecule has 1 fully saturated rings. The second kappa shape index (κ2) is 7.80. The zero-order valence-corrected chi connectivity index (χ0v) is 16.8. The van der Waals surface area contributed by atoms with Crippen molar-refractivity contribution in [2.75, 3.05) is 20.2 Å². The maximum Gasteiger partial charge on any atom is 0.172 e. The first-order chi connectivity index (χ1) is 14.7. The minimum atomic E-state index is 0.0938. The second-order valence-electron chi connectivity index (χ2n) is 7.57. The predicted octanol–water partition coefficient (Wildman–Crippen LogP) is 5.76. The lowest BCUT2D eigenvalue weighted by atomic mass is 9.96. The van der Waals surface area contributed by atoms with Gasteiger partial charge in [-0.05, 0) is 50.0 Å². The van der Waals surface area contributed by atoms with Gasteiger partial charge in [0.2, 0.25) is 0 Å². The van der Waals surface area contributed by atoms with Gasteiger partial charge in [0.1, 0.15) is 11.3 Å². The Morgan fingerprint density at radius 2 is 1.97 bits per heavy atom. The molecule has 6 nitrogen and oxygen atoms in total. The van der Waals surface area contributed by atoms with Crippen molar-refractivity contribution in [2.45, 2.75) is 12.8 Å². The van der Waals surface area contributed by atoms with E-state index in [1.54, 1.807) is 13.2 Å². The number of piperidine rings is 1. The summed E-state index contributed by atoms with van der Waals surface area (Å²) in [5.41, 5.74) is 3.83. The summed E-state index contributed by atoms with van der Waals surface area (Å²) in [5, 5.41) is 23.3. The molecule has 2 aliphatic heterocycles. The molecule has 2 N–H and O–H groups in total. The maximum absolute atomic E-state index is 10.8. The number of azo groups is 1. The highest BCUT2D eigenvalue weighted by Gasteiger charge is 2.20. The van der Waals surface area contributed by atoms with E-state index in [0.29, 0.717) is 34.1 Å². The van der Waals surface area contributed by atoms with Gasteiger partial charge in [-0.25, -0.2) is 0 Å². The monoisotopic (exact) mass is 401 g/mol. The lowest BCUT2D eigenvalue weighted by Crippen LogP contribution is -2.26. The smallest absolute Gasteiger partial charge is 0.172 e. The van der Waals surface area contributed by atoms with Gasteiger partial charge in [0.05, 0.1) is 29.4 Å². The van der Waals surface area contributed by atoms with Crippen LogP contribution in [0.25, 0.3) is 28.8 Å². The van der Waals surface area contributed by atoms with Crippen LogP contribution in [0.3, 0.4) is 0 Å². The van der Waals surface area contributed by atoms with Crippen LogP contribution in [0, 0.1) is 5.92 Å². The largest absolute Gasteiger partial charge is 0.504 e. The number of allylic oxidation sites excluding steroid dienone is 1. The highest BCUT2D eigenvalue weighted by molar-refractivity contribution is 5.97. The molecule has 6 heteroatoms. The number of hydrogen-bond acceptors (Lipinski definition) is 6. The van der Waals surface area contributed by atoms with Crippen molar-refractivity contribution in [3.05, 3.63) is 59.4 Å². The van der Waals surface area contributed by atoms with Crippen LogP contribution in [-0.2, 0) is 0 Å². The Hall–Kier alpha value is -3.38. The molecular formula is C24H23N3O3. The fourth-order valence-corrected chi connectivity index (χ4v) is 4.04. The first-order valence-corrected chi connectivity index (χ1v) is 10.2. The first-order valence-electron chi connectivity index (χ1n) is 10.2. The van der Waals surface area contributed by atoms with E-state index in [1.807, 2.05) is 36.4 Å². The summed E-state index contributed by atoms with van der Waals surface area (Å²) in [4.78, 5) is 0. The average molecular weight is 401 g/mol. The quantitative estimate of drug-likeness (QED) is 0.583. The molecule has 1 aromatic heterocycles. The number of benzene rings is 2. The normalized spacial score (nSPS) is 18.0. The molecule has 30 heavy (non-hydrogen) atoms. The first kappa shape index (κ1) is 18.6. The summed E-state index contributed by atoms with van der Waals surface area (Å²) < 4.78 is 11.7. The zero-order chi connectivity index (χ0) is 20.5. The van der Waals surface area contributed by atoms with Gasteiger partial charge in [-0.2, -0.15) is 0 Å². The van der Waals surface area contributed by atoms with E-state index in [9.17, 15) is 5.11 Å². The minimum Gasteiger partial charge on any atom is -0.504 e. The number of nitrogens with zero attached hydrogens (tertiary/aromatic N) is 2. The van der Waals surface area contributed by atoms with Crippen molar-refractivity contribution in [2.24, 2.45) is 16.1 Å². The Bertz CT molecular complexity index is 1180. The number of rotatable bonds is 4. The Morgan fingerprint density at radius 3 is 2.80 bits per heavy atom. The fourth-order valence-electron chi connectivity index (χ4n) is 4.04. The van der Waals surface area contributed by atoms with Crippen LogP contribution in [0.4, 0.5) is 5.69 Å². The number of furan rings is 1. The fraction of sp³-hybridized carbons (Fsp3) is 0.250. The van der Waals surface area contributed by atoms with Crippen molar-refractivity contribution in [3.8, 4) is 11.5 Å². The molecule has 3 aromatic rings. The molecule has 1 saturated heterocycles. The lowest BCUT2D eigenvalue weighted by molar-refractivity contribution is 0.413. The Kier molecular flexibility index (Phi) is 4.85. The van der Waals surface area contributed by atoms with Crippen LogP contribution < -0.4 is 10.1 Å². The number of nitrogens with one attached hydrogen (secondary N) is 1. The van der Waals surface area contributed by atoms with Crippen molar-refractivity contribution in [1.29, 1.82) is 0 Å². The molecule has 0 amide bonds. The van der Waals surface area contributed by atoms with Gasteiger partial charge >= 0.3 is 0 Å². The molecule has 3 heterocycles. The average Bonchev–Trinajstić information content (AvgIpc) is 3.34. The van der Waals surface area contributed by atoms with Gasteiger partial charge in [-0.1, -0.05) is 30.4 Å². The molecule has 0 spiro atoms.